The highest BCUT2D eigenvalue weighted by Gasteiger charge is 2.02. The number of aliphatic carboxylic acids is 2. The first-order chi connectivity index (χ1) is 8.22. The highest BCUT2D eigenvalue weighted by molar-refractivity contribution is 5.86. The number of rotatable bonds is 7. The molecule has 0 bridgehead atoms. The molecule has 6 nitrogen and oxygen atoms in total. The zero-order chi connectivity index (χ0) is 14.7. The lowest BCUT2D eigenvalue weighted by Gasteiger charge is -2.07. The number of hydrogen-bond acceptors (Lipinski definition) is 4. The molecule has 0 aliphatic carbocycles. The van der Waals surface area contributed by atoms with Gasteiger partial charge in [-0.2, -0.15) is 0 Å². The fraction of sp³-hybridized carbons (Fsp3) is 0.500. The lowest BCUT2D eigenvalue weighted by Crippen LogP contribution is -2.15. The highest BCUT2D eigenvalue weighted by atomic mass is 16.4. The van der Waals surface area contributed by atoms with E-state index in [0.717, 1.165) is 6.54 Å². The van der Waals surface area contributed by atoms with E-state index in [-0.39, 0.29) is 24.2 Å². The molecule has 3 N–H and O–H groups in total. The van der Waals surface area contributed by atoms with Crippen LogP contribution < -0.4 is 0 Å². The summed E-state index contributed by atoms with van der Waals surface area (Å²) in [5.41, 5.74) is 0.321. The first kappa shape index (κ1) is 18.7. The van der Waals surface area contributed by atoms with Crippen LogP contribution in [0.3, 0.4) is 0 Å². The Hall–Kier alpha value is -1.66. The van der Waals surface area contributed by atoms with Crippen molar-refractivity contribution in [2.45, 2.75) is 12.8 Å². The summed E-state index contributed by atoms with van der Waals surface area (Å²) in [4.78, 5) is 22.0. The molecule has 0 saturated heterocycles. The molecular weight excluding hydrogens is 238 g/mol. The van der Waals surface area contributed by atoms with E-state index in [1.54, 1.807) is 0 Å². The summed E-state index contributed by atoms with van der Waals surface area (Å²) in [5, 5.41) is 24.6. The molecule has 0 aliphatic rings. The van der Waals surface area contributed by atoms with Crippen molar-refractivity contribution in [1.29, 1.82) is 0 Å². The fourth-order valence-corrected chi connectivity index (χ4v) is 0.707. The number of aliphatic hydroxyl groups excluding tert-OH is 1. The molecular formula is C12H21NO5. The predicted molar refractivity (Wildman–Crippen MR) is 68.4 cm³/mol. The molecule has 0 aliphatic heterocycles. The summed E-state index contributed by atoms with van der Waals surface area (Å²) in [6.07, 6.45) is 0.678. The van der Waals surface area contributed by atoms with Crippen LogP contribution in [0.4, 0.5) is 0 Å². The first-order valence-corrected chi connectivity index (χ1v) is 5.30. The van der Waals surface area contributed by atoms with Gasteiger partial charge in [0, 0.05) is 30.7 Å². The Balaban J connectivity index is 0. The average Bonchev–Trinajstić information content (AvgIpc) is 2.26. The summed E-state index contributed by atoms with van der Waals surface area (Å²) in [5.74, 6) is -1.94. The van der Waals surface area contributed by atoms with Crippen molar-refractivity contribution < 1.29 is 24.9 Å². The number of carboxylic acid groups (broad SMARTS) is 2. The topological polar surface area (TPSA) is 98.1 Å². The Morgan fingerprint density at radius 3 is 1.61 bits per heavy atom. The van der Waals surface area contributed by atoms with E-state index in [9.17, 15) is 9.59 Å². The van der Waals surface area contributed by atoms with Crippen molar-refractivity contribution >= 4 is 11.9 Å². The van der Waals surface area contributed by atoms with E-state index >= 15 is 0 Å². The maximum Gasteiger partial charge on any atom is 0.331 e. The Labute approximate surface area is 107 Å². The van der Waals surface area contributed by atoms with Gasteiger partial charge in [0.25, 0.3) is 0 Å². The van der Waals surface area contributed by atoms with Crippen LogP contribution in [0.1, 0.15) is 12.8 Å². The third-order valence-corrected chi connectivity index (χ3v) is 1.88. The van der Waals surface area contributed by atoms with Gasteiger partial charge in [-0.1, -0.05) is 13.2 Å². The van der Waals surface area contributed by atoms with Crippen molar-refractivity contribution in [3.8, 4) is 0 Å². The number of carboxylic acids is 2. The smallest absolute Gasteiger partial charge is 0.331 e. The molecule has 18 heavy (non-hydrogen) atoms. The molecule has 0 spiro atoms. The molecule has 0 aromatic carbocycles. The third-order valence-electron chi connectivity index (χ3n) is 1.88. The fourth-order valence-electron chi connectivity index (χ4n) is 0.707. The van der Waals surface area contributed by atoms with E-state index in [4.69, 9.17) is 15.3 Å². The molecule has 0 radical (unpaired) electrons. The van der Waals surface area contributed by atoms with Gasteiger partial charge in [-0.3, -0.25) is 0 Å². The Kier molecular flexibility index (Phi) is 10.9. The van der Waals surface area contributed by atoms with Gasteiger partial charge in [-0.05, 0) is 20.5 Å². The van der Waals surface area contributed by atoms with Crippen LogP contribution in [0.25, 0.3) is 0 Å². The first-order valence-electron chi connectivity index (χ1n) is 5.30. The van der Waals surface area contributed by atoms with E-state index in [1.165, 1.54) is 0 Å². The minimum atomic E-state index is -1.04. The second-order valence-corrected chi connectivity index (χ2v) is 3.84. The molecule has 0 saturated carbocycles. The summed E-state index contributed by atoms with van der Waals surface area (Å²) in [6, 6.07) is 0. The SMILES string of the molecule is C=C(CCN(C)C)C(=O)O.C=C(CCO)C(=O)O. The van der Waals surface area contributed by atoms with E-state index in [0.29, 0.717) is 6.42 Å². The molecule has 0 amide bonds. The van der Waals surface area contributed by atoms with Gasteiger partial charge in [0.05, 0.1) is 0 Å². The minimum Gasteiger partial charge on any atom is -0.478 e. The zero-order valence-electron chi connectivity index (χ0n) is 10.8. The van der Waals surface area contributed by atoms with E-state index < -0.39 is 11.9 Å². The molecule has 0 fully saturated rings. The largest absolute Gasteiger partial charge is 0.478 e. The third kappa shape index (κ3) is 12.4. The van der Waals surface area contributed by atoms with Gasteiger partial charge < -0.3 is 20.2 Å². The number of hydrogen-bond donors (Lipinski definition) is 3. The molecule has 0 aromatic rings. The normalized spacial score (nSPS) is 9.33. The minimum absolute atomic E-state index is 0.0486. The molecule has 6 heteroatoms. The lowest BCUT2D eigenvalue weighted by molar-refractivity contribution is -0.133. The van der Waals surface area contributed by atoms with E-state index in [2.05, 4.69) is 13.2 Å². The summed E-state index contributed by atoms with van der Waals surface area (Å²) >= 11 is 0. The van der Waals surface area contributed by atoms with Gasteiger partial charge in [0.15, 0.2) is 0 Å². The summed E-state index contributed by atoms with van der Waals surface area (Å²) < 4.78 is 0. The van der Waals surface area contributed by atoms with Crippen molar-refractivity contribution in [2.24, 2.45) is 0 Å². The van der Waals surface area contributed by atoms with Crippen LogP contribution in [-0.4, -0.2) is 59.4 Å². The van der Waals surface area contributed by atoms with Gasteiger partial charge >= 0.3 is 11.9 Å². The highest BCUT2D eigenvalue weighted by Crippen LogP contribution is 1.97. The van der Waals surface area contributed by atoms with Gasteiger partial charge in [-0.25, -0.2) is 9.59 Å². The van der Waals surface area contributed by atoms with Crippen molar-refractivity contribution in [2.75, 3.05) is 27.2 Å². The molecule has 0 heterocycles. The summed E-state index contributed by atoms with van der Waals surface area (Å²) in [7, 11) is 3.80. The van der Waals surface area contributed by atoms with Crippen LogP contribution in [0.5, 0.6) is 0 Å². The molecule has 0 aromatic heterocycles. The Bertz CT molecular complexity index is 310. The number of carbonyl (C=O) groups is 2. The van der Waals surface area contributed by atoms with Crippen molar-refractivity contribution in [3.63, 3.8) is 0 Å². The Morgan fingerprint density at radius 1 is 1.00 bits per heavy atom. The molecule has 104 valence electrons. The van der Waals surface area contributed by atoms with Crippen molar-refractivity contribution in [3.05, 3.63) is 24.3 Å². The average molecular weight is 259 g/mol. The second-order valence-electron chi connectivity index (χ2n) is 3.84. The van der Waals surface area contributed by atoms with Gasteiger partial charge in [0.2, 0.25) is 0 Å². The number of aliphatic hydroxyl groups is 1. The van der Waals surface area contributed by atoms with E-state index in [1.807, 2.05) is 19.0 Å². The van der Waals surface area contributed by atoms with Crippen LogP contribution in [0, 0.1) is 0 Å². The van der Waals surface area contributed by atoms with Gasteiger partial charge in [-0.15, -0.1) is 0 Å². The monoisotopic (exact) mass is 259 g/mol. The quantitative estimate of drug-likeness (QED) is 0.579. The van der Waals surface area contributed by atoms with Gasteiger partial charge in [0.1, 0.15) is 0 Å². The van der Waals surface area contributed by atoms with Crippen LogP contribution in [0.15, 0.2) is 24.3 Å². The summed E-state index contributed by atoms with van der Waals surface area (Å²) in [6.45, 7) is 7.18. The predicted octanol–water partition coefficient (Wildman–Crippen LogP) is 0.588. The zero-order valence-corrected chi connectivity index (χ0v) is 10.8. The molecule has 0 unspecified atom stereocenters. The lowest BCUT2D eigenvalue weighted by atomic mass is 10.2. The standard InChI is InChI=1S/C7H13NO2.C5H8O3/c1-6(7(9)10)4-5-8(2)3;1-4(2-3-6)5(7)8/h1,4-5H2,2-3H3,(H,9,10);6H,1-3H2,(H,7,8). The Morgan fingerprint density at radius 2 is 1.39 bits per heavy atom. The second kappa shape index (κ2) is 10.5. The maximum atomic E-state index is 10.2. The molecule has 0 rings (SSSR count). The van der Waals surface area contributed by atoms with Crippen LogP contribution in [0.2, 0.25) is 0 Å². The maximum absolute atomic E-state index is 10.2. The van der Waals surface area contributed by atoms with Crippen molar-refractivity contribution in [1.82, 2.24) is 4.90 Å². The van der Waals surface area contributed by atoms with Crippen LogP contribution in [-0.2, 0) is 9.59 Å². The molecule has 0 atom stereocenters. The van der Waals surface area contributed by atoms with Crippen LogP contribution >= 0.6 is 0 Å². The number of nitrogens with zero attached hydrogens (tertiary/aromatic N) is 1.